The number of allylic oxidation sites excluding steroid dienone is 4. The molecule has 8 nitrogen and oxygen atoms in total. The number of carbonyl (C=O) groups is 2. The fraction of sp³-hybridized carbons (Fsp3) is 0.714. The van der Waals surface area contributed by atoms with Crippen LogP contribution in [0.5, 0.6) is 0 Å². The van der Waals surface area contributed by atoms with Gasteiger partial charge in [-0.25, -0.2) is 0 Å². The van der Waals surface area contributed by atoms with Crippen molar-refractivity contribution in [2.45, 2.75) is 57.7 Å². The minimum atomic E-state index is -5.52. The maximum atomic E-state index is 12.8. The number of fused-ring (bicyclic) bond motifs is 5. The normalized spacial score (nSPS) is 42.6. The molecular weight excluding hydrogens is 457 g/mol. The van der Waals surface area contributed by atoms with Crippen LogP contribution in [-0.2, 0) is 18.7 Å². The fourth-order valence-corrected chi connectivity index (χ4v) is 8.07. The van der Waals surface area contributed by atoms with E-state index in [1.54, 1.807) is 13.0 Å². The van der Waals surface area contributed by atoms with Gasteiger partial charge in [-0.2, -0.15) is 0 Å². The Hall–Kier alpha value is 0.850. The number of aliphatic hydroxyl groups is 2. The molecule has 4 aliphatic carbocycles. The Kier molecular flexibility index (Phi) is 8.83. The van der Waals surface area contributed by atoms with Crippen molar-refractivity contribution < 1.29 is 97.8 Å². The van der Waals surface area contributed by atoms with Gasteiger partial charge in [0.15, 0.2) is 11.6 Å². The second-order valence-electron chi connectivity index (χ2n) is 9.70. The van der Waals surface area contributed by atoms with Crippen LogP contribution in [0.4, 0.5) is 0 Å². The predicted octanol–water partition coefficient (Wildman–Crippen LogP) is -5.58. The van der Waals surface area contributed by atoms with Crippen LogP contribution in [0.15, 0.2) is 23.8 Å². The van der Waals surface area contributed by atoms with Crippen LogP contribution in [0, 0.1) is 28.6 Å². The maximum Gasteiger partial charge on any atom is 1.00 e. The summed E-state index contributed by atoms with van der Waals surface area (Å²) in [6, 6.07) is 0. The maximum absolute atomic E-state index is 12.8. The Balaban J connectivity index is 0.00000181. The fourth-order valence-electron chi connectivity index (χ4n) is 7.29. The van der Waals surface area contributed by atoms with E-state index in [0.717, 1.165) is 5.57 Å². The summed E-state index contributed by atoms with van der Waals surface area (Å²) in [5.74, 6) is -1.33. The van der Waals surface area contributed by atoms with Crippen molar-refractivity contribution in [1.82, 2.24) is 0 Å². The molecule has 166 valence electrons. The van der Waals surface area contributed by atoms with Crippen molar-refractivity contribution in [3.63, 3.8) is 0 Å². The molecule has 0 amide bonds. The van der Waals surface area contributed by atoms with Crippen LogP contribution in [0.25, 0.3) is 0 Å². The number of hydrogen-bond donors (Lipinski definition) is 2. The Bertz CT molecular complexity index is 900. The third-order valence-electron chi connectivity index (χ3n) is 8.48. The SMILES string of the molecule is C[C@]12C=CC(=O)C=C1CC[C@@H]1[C@@H]2[C@@H](O)C[C@@]2(C)[C@H]1CC[C@]2(OP(=O)([O-])[O-])C(=O)CO.[Na+].[Na+]. The van der Waals surface area contributed by atoms with Gasteiger partial charge in [0.1, 0.15) is 12.2 Å². The first-order chi connectivity index (χ1) is 13.9. The smallest absolute Gasteiger partial charge is 0.790 e. The van der Waals surface area contributed by atoms with Crippen LogP contribution in [0.2, 0.25) is 0 Å². The number of phosphoric ester groups is 1. The summed E-state index contributed by atoms with van der Waals surface area (Å²) in [6.07, 6.45) is 5.99. The summed E-state index contributed by atoms with van der Waals surface area (Å²) in [4.78, 5) is 47.8. The molecule has 11 heteroatoms. The van der Waals surface area contributed by atoms with E-state index in [2.05, 4.69) is 0 Å². The topological polar surface area (TPSA) is 147 Å². The van der Waals surface area contributed by atoms with Crippen LogP contribution in [0.3, 0.4) is 0 Å². The molecule has 0 aromatic carbocycles. The summed E-state index contributed by atoms with van der Waals surface area (Å²) in [7, 11) is -5.52. The second kappa shape index (κ2) is 9.72. The molecule has 0 radical (unpaired) electrons. The van der Waals surface area contributed by atoms with Gasteiger partial charge in [-0.15, -0.1) is 0 Å². The zero-order valence-corrected chi connectivity index (χ0v) is 24.0. The Labute approximate surface area is 232 Å². The van der Waals surface area contributed by atoms with Crippen LogP contribution >= 0.6 is 7.82 Å². The first-order valence-corrected chi connectivity index (χ1v) is 11.8. The second-order valence-corrected chi connectivity index (χ2v) is 10.8. The molecule has 2 N–H and O–H groups in total. The van der Waals surface area contributed by atoms with E-state index in [9.17, 15) is 34.2 Å². The van der Waals surface area contributed by atoms with Crippen molar-refractivity contribution in [1.29, 1.82) is 0 Å². The first kappa shape index (κ1) is 29.1. The average Bonchev–Trinajstić information content (AvgIpc) is 2.92. The predicted molar refractivity (Wildman–Crippen MR) is 102 cm³/mol. The van der Waals surface area contributed by atoms with E-state index in [1.807, 2.05) is 13.0 Å². The first-order valence-electron chi connectivity index (χ1n) is 10.4. The Morgan fingerprint density at radius 1 is 1.28 bits per heavy atom. The van der Waals surface area contributed by atoms with E-state index >= 15 is 0 Å². The minimum Gasteiger partial charge on any atom is -0.790 e. The average molecular weight is 484 g/mol. The standard InChI is InChI=1S/C21H29O8P.2Na/c1-19-7-5-13(23)9-12(19)3-4-14-15-6-8-21(17(25)11-22,29-30(26,27)28)20(15,2)10-16(24)18(14)19;;/h5,7,9,14-16,18,22,24H,3-4,6,8,10-11H2,1-2H3,(H2,26,27,28);;/q;2*+1/p-2/t14-,15-,16-,18+,19-,20-,21-;;/m0../s1. The molecule has 3 fully saturated rings. The van der Waals surface area contributed by atoms with Gasteiger partial charge in [0.2, 0.25) is 0 Å². The zero-order valence-electron chi connectivity index (χ0n) is 19.1. The Morgan fingerprint density at radius 2 is 1.94 bits per heavy atom. The van der Waals surface area contributed by atoms with Gasteiger partial charge in [-0.1, -0.05) is 25.5 Å². The number of hydrogen-bond acceptors (Lipinski definition) is 8. The number of phosphoric acid groups is 1. The summed E-state index contributed by atoms with van der Waals surface area (Å²) < 4.78 is 16.5. The molecule has 4 rings (SSSR count). The molecular formula is C21H27Na2O8P. The van der Waals surface area contributed by atoms with E-state index in [0.29, 0.717) is 19.3 Å². The van der Waals surface area contributed by atoms with Crippen molar-refractivity contribution in [3.05, 3.63) is 23.8 Å². The van der Waals surface area contributed by atoms with Crippen LogP contribution in [-0.4, -0.2) is 40.1 Å². The number of Topliss-reactive ketones (excluding diaryl/α,β-unsaturated/α-hetero) is 1. The van der Waals surface area contributed by atoms with Crippen molar-refractivity contribution >= 4 is 19.4 Å². The molecule has 7 atom stereocenters. The van der Waals surface area contributed by atoms with Gasteiger partial charge in [0.05, 0.1) is 13.9 Å². The van der Waals surface area contributed by atoms with Gasteiger partial charge in [-0.05, 0) is 56.1 Å². The molecule has 4 aliphatic rings. The number of aliphatic hydroxyl groups excluding tert-OH is 2. The largest absolute Gasteiger partial charge is 1.00 e. The molecule has 0 saturated heterocycles. The monoisotopic (exact) mass is 484 g/mol. The Morgan fingerprint density at radius 3 is 2.53 bits per heavy atom. The third kappa shape index (κ3) is 4.31. The van der Waals surface area contributed by atoms with E-state index < -0.39 is 42.7 Å². The number of carbonyl (C=O) groups excluding carboxylic acids is 2. The molecule has 3 saturated carbocycles. The molecule has 0 spiro atoms. The van der Waals surface area contributed by atoms with Gasteiger partial charge in [0, 0.05) is 16.7 Å². The summed E-state index contributed by atoms with van der Waals surface area (Å²) in [6.45, 7) is 2.76. The summed E-state index contributed by atoms with van der Waals surface area (Å²) in [5.41, 5.74) is -2.59. The molecule has 0 heterocycles. The van der Waals surface area contributed by atoms with Crippen LogP contribution in [0.1, 0.15) is 46.0 Å². The molecule has 0 unspecified atom stereocenters. The van der Waals surface area contributed by atoms with Gasteiger partial charge in [-0.3, -0.25) is 9.59 Å². The zero-order chi connectivity index (χ0) is 22.1. The van der Waals surface area contributed by atoms with Gasteiger partial charge >= 0.3 is 59.1 Å². The van der Waals surface area contributed by atoms with Crippen LogP contribution < -0.4 is 68.9 Å². The number of rotatable bonds is 4. The van der Waals surface area contributed by atoms with Gasteiger partial charge < -0.3 is 29.1 Å². The summed E-state index contributed by atoms with van der Waals surface area (Å²) in [5, 5.41) is 20.8. The summed E-state index contributed by atoms with van der Waals surface area (Å²) >= 11 is 0. The minimum absolute atomic E-state index is 0. The van der Waals surface area contributed by atoms with E-state index in [1.165, 1.54) is 6.08 Å². The van der Waals surface area contributed by atoms with Crippen molar-refractivity contribution in [3.8, 4) is 0 Å². The molecule has 0 bridgehead atoms. The van der Waals surface area contributed by atoms with Crippen molar-refractivity contribution in [2.24, 2.45) is 28.6 Å². The third-order valence-corrected chi connectivity index (χ3v) is 9.01. The van der Waals surface area contributed by atoms with Gasteiger partial charge in [0.25, 0.3) is 0 Å². The van der Waals surface area contributed by atoms with E-state index in [-0.39, 0.29) is 95.5 Å². The molecule has 0 aromatic heterocycles. The van der Waals surface area contributed by atoms with E-state index in [4.69, 9.17) is 4.52 Å². The van der Waals surface area contributed by atoms with Crippen molar-refractivity contribution in [2.75, 3.05) is 6.61 Å². The molecule has 32 heavy (non-hydrogen) atoms. The molecule has 0 aliphatic heterocycles. The number of ketones is 2. The molecule has 0 aromatic rings. The quantitative estimate of drug-likeness (QED) is 0.297.